The highest BCUT2D eigenvalue weighted by atomic mass is 16.5. The zero-order valence-electron chi connectivity index (χ0n) is 15.4. The minimum atomic E-state index is -0.535. The molecule has 7 heteroatoms. The Morgan fingerprint density at radius 1 is 1.11 bits per heavy atom. The minimum Gasteiger partial charge on any atom is -0.465 e. The highest BCUT2D eigenvalue weighted by Crippen LogP contribution is 2.26. The molecule has 1 N–H and O–H groups in total. The lowest BCUT2D eigenvalue weighted by molar-refractivity contribution is 0.0599. The largest absolute Gasteiger partial charge is 0.465 e. The van der Waals surface area contributed by atoms with Gasteiger partial charge in [0, 0.05) is 18.7 Å². The van der Waals surface area contributed by atoms with Gasteiger partial charge in [0.05, 0.1) is 38.0 Å². The fourth-order valence-electron chi connectivity index (χ4n) is 3.03. The van der Waals surface area contributed by atoms with Gasteiger partial charge in [-0.15, -0.1) is 0 Å². The van der Waals surface area contributed by atoms with Gasteiger partial charge in [-0.1, -0.05) is 0 Å². The fourth-order valence-corrected chi connectivity index (χ4v) is 3.03. The van der Waals surface area contributed by atoms with Gasteiger partial charge in [-0.05, 0) is 43.2 Å². The topological polar surface area (TPSA) is 87.0 Å². The van der Waals surface area contributed by atoms with Gasteiger partial charge in [-0.2, -0.15) is 0 Å². The van der Waals surface area contributed by atoms with Crippen molar-refractivity contribution < 1.29 is 28.2 Å². The van der Waals surface area contributed by atoms with Gasteiger partial charge in [0.15, 0.2) is 0 Å². The molecule has 1 fully saturated rings. The number of hydrogen-bond acceptors (Lipinski definition) is 7. The molecular weight excluding hydrogens is 350 g/mol. The molecule has 0 saturated carbocycles. The molecule has 0 bridgehead atoms. The van der Waals surface area contributed by atoms with Crippen LogP contribution in [0.15, 0.2) is 34.7 Å². The number of nitrogens with one attached hydrogen (secondary N) is 1. The molecule has 3 rings (SSSR count). The molecular formula is C20H23NO6. The van der Waals surface area contributed by atoms with Crippen molar-refractivity contribution >= 4 is 11.9 Å². The molecule has 0 unspecified atom stereocenters. The van der Waals surface area contributed by atoms with Crippen molar-refractivity contribution in [2.24, 2.45) is 0 Å². The van der Waals surface area contributed by atoms with Crippen molar-refractivity contribution in [1.29, 1.82) is 0 Å². The maximum atomic E-state index is 11.9. The third-order valence-corrected chi connectivity index (χ3v) is 4.42. The molecule has 0 spiro atoms. The van der Waals surface area contributed by atoms with Crippen molar-refractivity contribution in [3.63, 3.8) is 0 Å². The van der Waals surface area contributed by atoms with Crippen LogP contribution in [0.1, 0.15) is 39.3 Å². The van der Waals surface area contributed by atoms with E-state index >= 15 is 0 Å². The highest BCUT2D eigenvalue weighted by molar-refractivity contribution is 5.97. The molecule has 0 aliphatic carbocycles. The summed E-state index contributed by atoms with van der Waals surface area (Å²) in [7, 11) is 2.58. The van der Waals surface area contributed by atoms with E-state index in [2.05, 4.69) is 5.32 Å². The first-order valence-corrected chi connectivity index (χ1v) is 8.84. The van der Waals surface area contributed by atoms with Crippen molar-refractivity contribution in [2.45, 2.75) is 25.5 Å². The van der Waals surface area contributed by atoms with E-state index in [1.165, 1.54) is 20.3 Å². The lowest BCUT2D eigenvalue weighted by atomic mass is 10.0. The summed E-state index contributed by atoms with van der Waals surface area (Å²) >= 11 is 0. The Bertz CT molecular complexity index is 772. The summed E-state index contributed by atoms with van der Waals surface area (Å²) in [6.45, 7) is 2.18. The summed E-state index contributed by atoms with van der Waals surface area (Å²) in [5.41, 5.74) is 1.11. The number of benzene rings is 1. The number of methoxy groups -OCH3 is 2. The van der Waals surface area contributed by atoms with Crippen molar-refractivity contribution in [3.05, 3.63) is 47.2 Å². The maximum Gasteiger partial charge on any atom is 0.337 e. The molecule has 1 aliphatic rings. The Morgan fingerprint density at radius 2 is 1.81 bits per heavy atom. The first kappa shape index (κ1) is 19.1. The lowest BCUT2D eigenvalue weighted by Crippen LogP contribution is -2.25. The second kappa shape index (κ2) is 8.83. The second-order valence-electron chi connectivity index (χ2n) is 6.31. The first-order valence-electron chi connectivity index (χ1n) is 8.84. The standard InChI is InChI=1S/C20H23NO6/c1-24-19(22)14-8-13(9-15(10-14)20(23)25-2)18-6-5-17(27-18)12-21-11-16-4-3-7-26-16/h5-6,8-10,16,21H,3-4,7,11-12H2,1-2H3/t16-/m0/s1. The van der Waals surface area contributed by atoms with Gasteiger partial charge in [0.2, 0.25) is 0 Å². The summed E-state index contributed by atoms with van der Waals surface area (Å²) in [6, 6.07) is 8.36. The van der Waals surface area contributed by atoms with Crippen LogP contribution in [0.25, 0.3) is 11.3 Å². The third kappa shape index (κ3) is 4.75. The molecule has 1 aliphatic heterocycles. The average Bonchev–Trinajstić information content (AvgIpc) is 3.38. The van der Waals surface area contributed by atoms with Crippen LogP contribution in [0.2, 0.25) is 0 Å². The van der Waals surface area contributed by atoms with Gasteiger partial charge in [0.1, 0.15) is 11.5 Å². The van der Waals surface area contributed by atoms with Crippen molar-refractivity contribution in [1.82, 2.24) is 5.32 Å². The predicted octanol–water partition coefficient (Wildman–Crippen LogP) is 2.79. The van der Waals surface area contributed by atoms with E-state index in [0.29, 0.717) is 17.9 Å². The number of carbonyl (C=O) groups excluding carboxylic acids is 2. The summed E-state index contributed by atoms with van der Waals surface area (Å²) in [4.78, 5) is 23.8. The molecule has 1 atom stereocenters. The quantitative estimate of drug-likeness (QED) is 0.747. The SMILES string of the molecule is COC(=O)c1cc(C(=O)OC)cc(-c2ccc(CNC[C@@H]3CCCO3)o2)c1. The van der Waals surface area contributed by atoms with E-state index in [1.807, 2.05) is 6.07 Å². The Morgan fingerprint density at radius 3 is 2.41 bits per heavy atom. The molecule has 0 amide bonds. The van der Waals surface area contributed by atoms with E-state index < -0.39 is 11.9 Å². The monoisotopic (exact) mass is 373 g/mol. The molecule has 1 aromatic heterocycles. The van der Waals surface area contributed by atoms with Gasteiger partial charge in [0.25, 0.3) is 0 Å². The molecule has 144 valence electrons. The zero-order valence-corrected chi connectivity index (χ0v) is 15.4. The summed E-state index contributed by atoms with van der Waals surface area (Å²) < 4.78 is 21.0. The zero-order chi connectivity index (χ0) is 19.2. The van der Waals surface area contributed by atoms with E-state index in [4.69, 9.17) is 18.6 Å². The molecule has 7 nitrogen and oxygen atoms in total. The molecule has 2 aromatic rings. The molecule has 0 radical (unpaired) electrons. The predicted molar refractivity (Wildman–Crippen MR) is 97.5 cm³/mol. The van der Waals surface area contributed by atoms with Crippen LogP contribution in [0.4, 0.5) is 0 Å². The van der Waals surface area contributed by atoms with Gasteiger partial charge < -0.3 is 23.9 Å². The van der Waals surface area contributed by atoms with Crippen LogP contribution < -0.4 is 5.32 Å². The lowest BCUT2D eigenvalue weighted by Gasteiger charge is -2.09. The second-order valence-corrected chi connectivity index (χ2v) is 6.31. The van der Waals surface area contributed by atoms with E-state index in [-0.39, 0.29) is 17.2 Å². The minimum absolute atomic E-state index is 0.254. The Hall–Kier alpha value is -2.64. The van der Waals surface area contributed by atoms with Crippen LogP contribution in [-0.2, 0) is 20.8 Å². The Balaban J connectivity index is 1.75. The van der Waals surface area contributed by atoms with Crippen LogP contribution in [0, 0.1) is 0 Å². The van der Waals surface area contributed by atoms with E-state index in [1.54, 1.807) is 18.2 Å². The Kier molecular flexibility index (Phi) is 6.26. The summed E-state index contributed by atoms with van der Waals surface area (Å²) in [5, 5.41) is 3.32. The van der Waals surface area contributed by atoms with Gasteiger partial charge in [-0.3, -0.25) is 0 Å². The molecule has 2 heterocycles. The number of hydrogen-bond donors (Lipinski definition) is 1. The summed E-state index contributed by atoms with van der Waals surface area (Å²) in [6.07, 6.45) is 2.45. The van der Waals surface area contributed by atoms with Crippen LogP contribution >= 0.6 is 0 Å². The first-order chi connectivity index (χ1) is 13.1. The van der Waals surface area contributed by atoms with E-state index in [0.717, 1.165) is 31.8 Å². The molecule has 1 saturated heterocycles. The normalized spacial score (nSPS) is 16.3. The van der Waals surface area contributed by atoms with Gasteiger partial charge in [-0.25, -0.2) is 9.59 Å². The summed E-state index contributed by atoms with van der Waals surface area (Å²) in [5.74, 6) is 0.241. The number of ether oxygens (including phenoxy) is 3. The number of furan rings is 1. The third-order valence-electron chi connectivity index (χ3n) is 4.42. The van der Waals surface area contributed by atoms with Crippen LogP contribution in [0.5, 0.6) is 0 Å². The molecule has 27 heavy (non-hydrogen) atoms. The smallest absolute Gasteiger partial charge is 0.337 e. The number of esters is 2. The highest BCUT2D eigenvalue weighted by Gasteiger charge is 2.17. The maximum absolute atomic E-state index is 11.9. The number of carbonyl (C=O) groups is 2. The Labute approximate surface area is 157 Å². The fraction of sp³-hybridized carbons (Fsp3) is 0.400. The van der Waals surface area contributed by atoms with Crippen molar-refractivity contribution in [3.8, 4) is 11.3 Å². The average molecular weight is 373 g/mol. The molecule has 1 aromatic carbocycles. The van der Waals surface area contributed by atoms with Crippen LogP contribution in [0.3, 0.4) is 0 Å². The van der Waals surface area contributed by atoms with Gasteiger partial charge >= 0.3 is 11.9 Å². The number of rotatable bonds is 7. The van der Waals surface area contributed by atoms with Crippen LogP contribution in [-0.4, -0.2) is 45.4 Å². The van der Waals surface area contributed by atoms with Crippen molar-refractivity contribution in [2.75, 3.05) is 27.4 Å². The van der Waals surface area contributed by atoms with E-state index in [9.17, 15) is 9.59 Å².